The number of nitrogens with one attached hydrogen (secondary N) is 1. The number of nitrogens with zero attached hydrogens (tertiary/aromatic N) is 1. The highest BCUT2D eigenvalue weighted by molar-refractivity contribution is 7.89. The molecule has 1 aliphatic rings. The zero-order valence-corrected chi connectivity index (χ0v) is 15.1. The van der Waals surface area contributed by atoms with E-state index in [1.807, 2.05) is 13.8 Å². The SMILES string of the molecule is CCC(=O)N1c2ccc(S(=O)(=O)NCCC(C)C)cc2C[C@@H]1C. The highest BCUT2D eigenvalue weighted by Gasteiger charge is 2.31. The smallest absolute Gasteiger partial charge is 0.240 e. The molecule has 0 saturated carbocycles. The molecule has 0 radical (unpaired) electrons. The first-order chi connectivity index (χ1) is 10.8. The first kappa shape index (κ1) is 17.9. The highest BCUT2D eigenvalue weighted by atomic mass is 32.2. The second-order valence-corrected chi connectivity index (χ2v) is 8.31. The van der Waals surface area contributed by atoms with Crippen molar-refractivity contribution in [3.63, 3.8) is 0 Å². The van der Waals surface area contributed by atoms with Gasteiger partial charge in [-0.15, -0.1) is 0 Å². The van der Waals surface area contributed by atoms with Crippen molar-refractivity contribution in [2.24, 2.45) is 5.92 Å². The maximum Gasteiger partial charge on any atom is 0.240 e. The summed E-state index contributed by atoms with van der Waals surface area (Å²) in [5.74, 6) is 0.522. The summed E-state index contributed by atoms with van der Waals surface area (Å²) in [4.78, 5) is 14.1. The largest absolute Gasteiger partial charge is 0.309 e. The molecule has 0 spiro atoms. The second kappa shape index (κ2) is 7.01. The molecule has 0 unspecified atom stereocenters. The number of carbonyl (C=O) groups is 1. The van der Waals surface area contributed by atoms with Gasteiger partial charge in [-0.05, 0) is 49.4 Å². The van der Waals surface area contributed by atoms with E-state index >= 15 is 0 Å². The van der Waals surface area contributed by atoms with E-state index in [1.165, 1.54) is 0 Å². The van der Waals surface area contributed by atoms with Gasteiger partial charge in [0.1, 0.15) is 0 Å². The van der Waals surface area contributed by atoms with Gasteiger partial charge in [0.25, 0.3) is 0 Å². The quantitative estimate of drug-likeness (QED) is 0.867. The zero-order chi connectivity index (χ0) is 17.2. The molecule has 0 aliphatic carbocycles. The minimum atomic E-state index is -3.49. The molecule has 128 valence electrons. The predicted molar refractivity (Wildman–Crippen MR) is 92.0 cm³/mol. The average Bonchev–Trinajstić information content (AvgIpc) is 2.80. The van der Waals surface area contributed by atoms with Gasteiger partial charge in [0.15, 0.2) is 0 Å². The van der Waals surface area contributed by atoms with Crippen molar-refractivity contribution >= 4 is 21.6 Å². The average molecular weight is 338 g/mol. The van der Waals surface area contributed by atoms with Gasteiger partial charge in [-0.2, -0.15) is 0 Å². The number of benzene rings is 1. The Bertz CT molecular complexity index is 683. The van der Waals surface area contributed by atoms with Crippen LogP contribution >= 0.6 is 0 Å². The van der Waals surface area contributed by atoms with Crippen molar-refractivity contribution in [1.82, 2.24) is 4.72 Å². The maximum absolute atomic E-state index is 12.4. The van der Waals surface area contributed by atoms with Gasteiger partial charge in [0.2, 0.25) is 15.9 Å². The van der Waals surface area contributed by atoms with Crippen molar-refractivity contribution in [2.45, 2.75) is 57.9 Å². The number of hydrogen-bond acceptors (Lipinski definition) is 3. The number of sulfonamides is 1. The van der Waals surface area contributed by atoms with Crippen LogP contribution in [-0.2, 0) is 21.2 Å². The number of anilines is 1. The molecule has 0 bridgehead atoms. The van der Waals surface area contributed by atoms with Crippen LogP contribution in [0.15, 0.2) is 23.1 Å². The minimum Gasteiger partial charge on any atom is -0.309 e. The summed E-state index contributed by atoms with van der Waals surface area (Å²) in [5.41, 5.74) is 1.76. The number of fused-ring (bicyclic) bond motifs is 1. The third-order valence-corrected chi connectivity index (χ3v) is 5.62. The van der Waals surface area contributed by atoms with Crippen LogP contribution in [0.25, 0.3) is 0 Å². The van der Waals surface area contributed by atoms with E-state index in [1.54, 1.807) is 23.1 Å². The Morgan fingerprint density at radius 1 is 1.39 bits per heavy atom. The molecule has 0 fully saturated rings. The standard InChI is InChI=1S/C17H26N2O3S/c1-5-17(20)19-13(4)10-14-11-15(6-7-16(14)19)23(21,22)18-9-8-12(2)3/h6-7,11-13,18H,5,8-10H2,1-4H3/t13-/m0/s1. The molecule has 1 aromatic carbocycles. The Hall–Kier alpha value is -1.40. The Morgan fingerprint density at radius 2 is 2.09 bits per heavy atom. The van der Waals surface area contributed by atoms with Crippen LogP contribution in [0.4, 0.5) is 5.69 Å². The van der Waals surface area contributed by atoms with Crippen LogP contribution < -0.4 is 9.62 Å². The van der Waals surface area contributed by atoms with Gasteiger partial charge in [0, 0.05) is 24.7 Å². The second-order valence-electron chi connectivity index (χ2n) is 6.54. The highest BCUT2D eigenvalue weighted by Crippen LogP contribution is 2.34. The van der Waals surface area contributed by atoms with Crippen LogP contribution in [0.5, 0.6) is 0 Å². The summed E-state index contributed by atoms with van der Waals surface area (Å²) >= 11 is 0. The van der Waals surface area contributed by atoms with Crippen LogP contribution in [0.3, 0.4) is 0 Å². The molecule has 23 heavy (non-hydrogen) atoms. The molecule has 1 N–H and O–H groups in total. The van der Waals surface area contributed by atoms with Gasteiger partial charge < -0.3 is 4.90 Å². The van der Waals surface area contributed by atoms with Crippen LogP contribution in [0, 0.1) is 5.92 Å². The van der Waals surface area contributed by atoms with Crippen LogP contribution in [-0.4, -0.2) is 26.9 Å². The summed E-state index contributed by atoms with van der Waals surface area (Å²) in [5, 5.41) is 0. The molecule has 1 atom stereocenters. The summed E-state index contributed by atoms with van der Waals surface area (Å²) < 4.78 is 27.4. The van der Waals surface area contributed by atoms with E-state index < -0.39 is 10.0 Å². The Kier molecular flexibility index (Phi) is 5.47. The Balaban J connectivity index is 2.22. The topological polar surface area (TPSA) is 66.5 Å². The van der Waals surface area contributed by atoms with E-state index in [0.717, 1.165) is 17.7 Å². The summed E-state index contributed by atoms with van der Waals surface area (Å²) in [7, 11) is -3.49. The molecule has 1 aliphatic heterocycles. The van der Waals surface area contributed by atoms with Crippen LogP contribution in [0.1, 0.15) is 46.1 Å². The van der Waals surface area contributed by atoms with Crippen molar-refractivity contribution < 1.29 is 13.2 Å². The fraction of sp³-hybridized carbons (Fsp3) is 0.588. The molecule has 1 amide bonds. The number of hydrogen-bond donors (Lipinski definition) is 1. The summed E-state index contributed by atoms with van der Waals surface area (Å²) in [6.07, 6.45) is 1.94. The summed E-state index contributed by atoms with van der Waals surface area (Å²) in [6, 6.07) is 5.12. The monoisotopic (exact) mass is 338 g/mol. The van der Waals surface area contributed by atoms with Gasteiger partial charge in [-0.25, -0.2) is 13.1 Å². The molecule has 0 aromatic heterocycles. The number of carbonyl (C=O) groups excluding carboxylic acids is 1. The molecular weight excluding hydrogens is 312 g/mol. The van der Waals surface area contributed by atoms with Crippen molar-refractivity contribution in [1.29, 1.82) is 0 Å². The molecule has 5 nitrogen and oxygen atoms in total. The number of rotatable bonds is 6. The maximum atomic E-state index is 12.4. The molecule has 1 heterocycles. The van der Waals surface area contributed by atoms with Crippen molar-refractivity contribution in [2.75, 3.05) is 11.4 Å². The zero-order valence-electron chi connectivity index (χ0n) is 14.3. The van der Waals surface area contributed by atoms with Gasteiger partial charge in [0.05, 0.1) is 4.90 Å². The Labute approximate surface area is 139 Å². The summed E-state index contributed by atoms with van der Waals surface area (Å²) in [6.45, 7) is 8.38. The predicted octanol–water partition coefficient (Wildman–Crippen LogP) is 2.70. The lowest BCUT2D eigenvalue weighted by Gasteiger charge is -2.22. The lowest BCUT2D eigenvalue weighted by molar-refractivity contribution is -0.118. The Morgan fingerprint density at radius 3 is 2.70 bits per heavy atom. The van der Waals surface area contributed by atoms with Gasteiger partial charge in [-0.1, -0.05) is 20.8 Å². The fourth-order valence-electron chi connectivity index (χ4n) is 2.89. The lowest BCUT2D eigenvalue weighted by atomic mass is 10.1. The van der Waals surface area contributed by atoms with Crippen LogP contribution in [0.2, 0.25) is 0 Å². The third kappa shape index (κ3) is 3.93. The molecule has 0 saturated heterocycles. The van der Waals surface area contributed by atoms with E-state index in [2.05, 4.69) is 18.6 Å². The van der Waals surface area contributed by atoms with E-state index in [4.69, 9.17) is 0 Å². The van der Waals surface area contributed by atoms with Crippen molar-refractivity contribution in [3.8, 4) is 0 Å². The molecular formula is C17H26N2O3S. The first-order valence-corrected chi connectivity index (χ1v) is 9.69. The van der Waals surface area contributed by atoms with Gasteiger partial charge in [-0.3, -0.25) is 4.79 Å². The van der Waals surface area contributed by atoms with Crippen molar-refractivity contribution in [3.05, 3.63) is 23.8 Å². The molecule has 2 rings (SSSR count). The fourth-order valence-corrected chi connectivity index (χ4v) is 3.99. The first-order valence-electron chi connectivity index (χ1n) is 8.21. The third-order valence-electron chi connectivity index (χ3n) is 4.16. The molecule has 1 aromatic rings. The normalized spacial score (nSPS) is 17.6. The molecule has 6 heteroatoms. The minimum absolute atomic E-state index is 0.0712. The van der Waals surface area contributed by atoms with E-state index in [0.29, 0.717) is 25.3 Å². The number of amides is 1. The van der Waals surface area contributed by atoms with E-state index in [9.17, 15) is 13.2 Å². The van der Waals surface area contributed by atoms with E-state index in [-0.39, 0.29) is 16.8 Å². The van der Waals surface area contributed by atoms with Gasteiger partial charge >= 0.3 is 0 Å². The lowest BCUT2D eigenvalue weighted by Crippen LogP contribution is -2.35.